The van der Waals surface area contributed by atoms with E-state index in [9.17, 15) is 14.4 Å². The molecule has 0 saturated heterocycles. The number of hydrogen-bond donors (Lipinski definition) is 2. The first-order valence-electron chi connectivity index (χ1n) is 6.49. The third-order valence-electron chi connectivity index (χ3n) is 3.31. The van der Waals surface area contributed by atoms with Crippen molar-refractivity contribution in [2.45, 2.75) is 6.92 Å². The highest BCUT2D eigenvalue weighted by Gasteiger charge is 2.34. The molecule has 1 atom stereocenters. The number of halogens is 1. The third-order valence-corrected chi connectivity index (χ3v) is 3.31. The Kier molecular flexibility index (Phi) is 5.87. The summed E-state index contributed by atoms with van der Waals surface area (Å²) in [6.45, 7) is 2.38. The van der Waals surface area contributed by atoms with Gasteiger partial charge in [-0.1, -0.05) is 19.1 Å². The van der Waals surface area contributed by atoms with Gasteiger partial charge >= 0.3 is 0 Å². The second-order valence-electron chi connectivity index (χ2n) is 4.74. The maximum atomic E-state index is 12.0. The number of fused-ring (bicyclic) bond motifs is 1. The summed E-state index contributed by atoms with van der Waals surface area (Å²) < 4.78 is 0. The van der Waals surface area contributed by atoms with Crippen LogP contribution in [0.4, 0.5) is 0 Å². The molecule has 0 aliphatic carbocycles. The Bertz CT molecular complexity index is 527. The lowest BCUT2D eigenvalue weighted by molar-refractivity contribution is -0.124. The van der Waals surface area contributed by atoms with Gasteiger partial charge < -0.3 is 11.1 Å². The van der Waals surface area contributed by atoms with E-state index in [4.69, 9.17) is 5.73 Å². The molecule has 0 radical (unpaired) electrons. The van der Waals surface area contributed by atoms with E-state index in [1.165, 1.54) is 0 Å². The average molecular weight is 312 g/mol. The van der Waals surface area contributed by atoms with Crippen LogP contribution in [0.2, 0.25) is 0 Å². The Morgan fingerprint density at radius 1 is 1.24 bits per heavy atom. The van der Waals surface area contributed by atoms with Gasteiger partial charge in [0.15, 0.2) is 0 Å². The van der Waals surface area contributed by atoms with Gasteiger partial charge in [-0.2, -0.15) is 0 Å². The first-order chi connectivity index (χ1) is 9.56. The summed E-state index contributed by atoms with van der Waals surface area (Å²) in [4.78, 5) is 36.8. The van der Waals surface area contributed by atoms with Crippen LogP contribution in [-0.2, 0) is 4.79 Å². The lowest BCUT2D eigenvalue weighted by Gasteiger charge is -2.15. The molecule has 0 spiro atoms. The molecular weight excluding hydrogens is 294 g/mol. The highest BCUT2D eigenvalue weighted by atomic mass is 35.5. The summed E-state index contributed by atoms with van der Waals surface area (Å²) in [5.74, 6) is -1.08. The number of carbonyl (C=O) groups is 3. The van der Waals surface area contributed by atoms with Crippen LogP contribution in [0.25, 0.3) is 0 Å². The lowest BCUT2D eigenvalue weighted by atomic mass is 10.1. The topological polar surface area (TPSA) is 92.5 Å². The van der Waals surface area contributed by atoms with Crippen LogP contribution in [0, 0.1) is 5.92 Å². The van der Waals surface area contributed by atoms with Gasteiger partial charge in [0.1, 0.15) is 0 Å². The molecule has 1 aliphatic heterocycles. The van der Waals surface area contributed by atoms with Crippen molar-refractivity contribution in [2.24, 2.45) is 11.7 Å². The molecule has 1 unspecified atom stereocenters. The van der Waals surface area contributed by atoms with Crippen LogP contribution in [0.3, 0.4) is 0 Å². The minimum atomic E-state index is -0.313. The molecule has 1 aromatic rings. The number of nitrogens with zero attached hydrogens (tertiary/aromatic N) is 1. The minimum absolute atomic E-state index is 0. The first-order valence-corrected chi connectivity index (χ1v) is 6.49. The number of rotatable bonds is 5. The van der Waals surface area contributed by atoms with Crippen LogP contribution >= 0.6 is 12.4 Å². The van der Waals surface area contributed by atoms with Gasteiger partial charge in [-0.15, -0.1) is 12.4 Å². The standard InChI is InChI=1S/C14H17N3O3.ClH/c1-9(8-15)12(18)16-6-7-17-13(19)10-4-2-3-5-11(10)14(17)20;/h2-5,9H,6-8,15H2,1H3,(H,16,18);1H. The van der Waals surface area contributed by atoms with Crippen LogP contribution in [0.15, 0.2) is 24.3 Å². The molecule has 0 saturated carbocycles. The van der Waals surface area contributed by atoms with E-state index < -0.39 is 0 Å². The fourth-order valence-corrected chi connectivity index (χ4v) is 2.01. The summed E-state index contributed by atoms with van der Waals surface area (Å²) in [7, 11) is 0. The summed E-state index contributed by atoms with van der Waals surface area (Å²) in [6, 6.07) is 6.70. The Morgan fingerprint density at radius 2 is 1.76 bits per heavy atom. The van der Waals surface area contributed by atoms with E-state index in [-0.39, 0.29) is 55.7 Å². The molecule has 6 nitrogen and oxygen atoms in total. The van der Waals surface area contributed by atoms with Crippen molar-refractivity contribution < 1.29 is 14.4 Å². The SMILES string of the molecule is CC(CN)C(=O)NCCN1C(=O)c2ccccc2C1=O.Cl. The third kappa shape index (κ3) is 3.40. The quantitative estimate of drug-likeness (QED) is 0.771. The summed E-state index contributed by atoms with van der Waals surface area (Å²) in [6.07, 6.45) is 0. The fourth-order valence-electron chi connectivity index (χ4n) is 2.01. The molecule has 3 N–H and O–H groups in total. The zero-order valence-electron chi connectivity index (χ0n) is 11.7. The molecular formula is C14H18ClN3O3. The predicted octanol–water partition coefficient (Wildman–Crippen LogP) is 0.415. The molecule has 7 heteroatoms. The minimum Gasteiger partial charge on any atom is -0.354 e. The number of nitrogens with two attached hydrogens (primary N) is 1. The van der Waals surface area contributed by atoms with Crippen molar-refractivity contribution in [2.75, 3.05) is 19.6 Å². The number of benzene rings is 1. The summed E-state index contributed by atoms with van der Waals surface area (Å²) in [5, 5.41) is 2.66. The van der Waals surface area contributed by atoms with E-state index in [2.05, 4.69) is 5.32 Å². The van der Waals surface area contributed by atoms with Crippen LogP contribution < -0.4 is 11.1 Å². The number of nitrogens with one attached hydrogen (secondary N) is 1. The number of carbonyl (C=O) groups excluding carboxylic acids is 3. The van der Waals surface area contributed by atoms with E-state index in [1.54, 1.807) is 31.2 Å². The van der Waals surface area contributed by atoms with Gasteiger partial charge in [0.25, 0.3) is 11.8 Å². The van der Waals surface area contributed by atoms with Crippen LogP contribution in [0.5, 0.6) is 0 Å². The monoisotopic (exact) mass is 311 g/mol. The van der Waals surface area contributed by atoms with Crippen molar-refractivity contribution in [3.05, 3.63) is 35.4 Å². The van der Waals surface area contributed by atoms with E-state index in [1.807, 2.05) is 0 Å². The largest absolute Gasteiger partial charge is 0.354 e. The van der Waals surface area contributed by atoms with Gasteiger partial charge in [-0.25, -0.2) is 0 Å². The van der Waals surface area contributed by atoms with E-state index in [0.29, 0.717) is 11.1 Å². The molecule has 0 aromatic heterocycles. The second-order valence-corrected chi connectivity index (χ2v) is 4.74. The van der Waals surface area contributed by atoms with E-state index in [0.717, 1.165) is 4.90 Å². The summed E-state index contributed by atoms with van der Waals surface area (Å²) in [5.41, 5.74) is 6.22. The summed E-state index contributed by atoms with van der Waals surface area (Å²) >= 11 is 0. The highest BCUT2D eigenvalue weighted by Crippen LogP contribution is 2.21. The average Bonchev–Trinajstić information content (AvgIpc) is 2.71. The zero-order valence-corrected chi connectivity index (χ0v) is 12.5. The van der Waals surface area contributed by atoms with Gasteiger partial charge in [-0.05, 0) is 12.1 Å². The predicted molar refractivity (Wildman–Crippen MR) is 80.3 cm³/mol. The Labute approximate surface area is 129 Å². The molecule has 21 heavy (non-hydrogen) atoms. The molecule has 3 amide bonds. The van der Waals surface area contributed by atoms with Gasteiger partial charge in [-0.3, -0.25) is 19.3 Å². The molecule has 1 heterocycles. The highest BCUT2D eigenvalue weighted by molar-refractivity contribution is 6.21. The van der Waals surface area contributed by atoms with Crippen molar-refractivity contribution in [3.63, 3.8) is 0 Å². The van der Waals surface area contributed by atoms with Crippen molar-refractivity contribution in [1.29, 1.82) is 0 Å². The Hall–Kier alpha value is -1.92. The van der Waals surface area contributed by atoms with Crippen molar-refractivity contribution in [3.8, 4) is 0 Å². The van der Waals surface area contributed by atoms with Crippen molar-refractivity contribution in [1.82, 2.24) is 10.2 Å². The maximum absolute atomic E-state index is 12.0. The molecule has 2 rings (SSSR count). The zero-order chi connectivity index (χ0) is 14.7. The Morgan fingerprint density at radius 3 is 2.24 bits per heavy atom. The molecule has 114 valence electrons. The molecule has 1 aliphatic rings. The van der Waals surface area contributed by atoms with Gasteiger partial charge in [0.05, 0.1) is 11.1 Å². The molecule has 1 aromatic carbocycles. The number of hydrogen-bond acceptors (Lipinski definition) is 4. The van der Waals surface area contributed by atoms with E-state index >= 15 is 0 Å². The van der Waals surface area contributed by atoms with Gasteiger partial charge in [0, 0.05) is 25.6 Å². The van der Waals surface area contributed by atoms with Crippen LogP contribution in [-0.4, -0.2) is 42.3 Å². The molecule has 0 bridgehead atoms. The second kappa shape index (κ2) is 7.19. The fraction of sp³-hybridized carbons (Fsp3) is 0.357. The van der Waals surface area contributed by atoms with Crippen LogP contribution in [0.1, 0.15) is 27.6 Å². The maximum Gasteiger partial charge on any atom is 0.261 e. The normalized spacial score (nSPS) is 14.5. The Balaban J connectivity index is 0.00000220. The smallest absolute Gasteiger partial charge is 0.261 e. The lowest BCUT2D eigenvalue weighted by Crippen LogP contribution is -2.40. The van der Waals surface area contributed by atoms with Gasteiger partial charge in [0.2, 0.25) is 5.91 Å². The number of amides is 3. The molecule has 0 fully saturated rings. The number of imide groups is 1. The first kappa shape index (κ1) is 17.1. The van der Waals surface area contributed by atoms with Crippen molar-refractivity contribution >= 4 is 30.1 Å².